The molecular formula is C14H16FN3O. The molecule has 1 aromatic rings. The fraction of sp³-hybridized carbons (Fsp3) is 0.429. The van der Waals surface area contributed by atoms with Crippen LogP contribution < -0.4 is 0 Å². The molecule has 0 aliphatic carbocycles. The molecule has 0 N–H and O–H groups in total. The maximum absolute atomic E-state index is 13.2. The first-order valence-corrected chi connectivity index (χ1v) is 6.26. The zero-order valence-electron chi connectivity index (χ0n) is 10.9. The van der Waals surface area contributed by atoms with Crippen molar-refractivity contribution in [3.05, 3.63) is 35.1 Å². The molecule has 1 saturated heterocycles. The van der Waals surface area contributed by atoms with Crippen LogP contribution in [-0.4, -0.2) is 41.9 Å². The van der Waals surface area contributed by atoms with Gasteiger partial charge in [0.25, 0.3) is 0 Å². The number of hydrogen-bond acceptors (Lipinski definition) is 3. The third-order valence-electron chi connectivity index (χ3n) is 3.40. The number of nitrogens with zero attached hydrogens (tertiary/aromatic N) is 3. The smallest absolute Gasteiger partial charge is 0.219 e. The van der Waals surface area contributed by atoms with Crippen LogP contribution in [0.25, 0.3) is 0 Å². The monoisotopic (exact) mass is 261 g/mol. The largest absolute Gasteiger partial charge is 0.340 e. The number of piperazine rings is 1. The maximum atomic E-state index is 13.2. The fourth-order valence-electron chi connectivity index (χ4n) is 2.26. The molecule has 4 nitrogen and oxygen atoms in total. The third kappa shape index (κ3) is 3.30. The van der Waals surface area contributed by atoms with Crippen LogP contribution in [-0.2, 0) is 11.3 Å². The minimum absolute atomic E-state index is 0.0862. The molecule has 0 aromatic heterocycles. The van der Waals surface area contributed by atoms with Crippen molar-refractivity contribution in [3.63, 3.8) is 0 Å². The molecule has 0 spiro atoms. The predicted molar refractivity (Wildman–Crippen MR) is 68.6 cm³/mol. The molecule has 5 heteroatoms. The molecule has 1 aromatic carbocycles. The summed E-state index contributed by atoms with van der Waals surface area (Å²) in [7, 11) is 0. The van der Waals surface area contributed by atoms with Crippen LogP contribution in [0.2, 0.25) is 0 Å². The Morgan fingerprint density at radius 3 is 2.63 bits per heavy atom. The highest BCUT2D eigenvalue weighted by Gasteiger charge is 2.19. The number of carbonyl (C=O) groups excluding carboxylic acids is 1. The first kappa shape index (κ1) is 13.5. The Kier molecular flexibility index (Phi) is 4.13. The van der Waals surface area contributed by atoms with Crippen LogP contribution in [0.1, 0.15) is 18.1 Å². The highest BCUT2D eigenvalue weighted by molar-refractivity contribution is 5.73. The maximum Gasteiger partial charge on any atom is 0.219 e. The minimum atomic E-state index is -0.323. The van der Waals surface area contributed by atoms with Gasteiger partial charge in [0, 0.05) is 39.6 Å². The van der Waals surface area contributed by atoms with Crippen LogP contribution in [0.15, 0.2) is 18.2 Å². The van der Waals surface area contributed by atoms with Crippen LogP contribution in [0, 0.1) is 17.1 Å². The summed E-state index contributed by atoms with van der Waals surface area (Å²) in [5.74, 6) is -0.237. The van der Waals surface area contributed by atoms with E-state index in [1.54, 1.807) is 11.8 Å². The Balaban J connectivity index is 2.01. The summed E-state index contributed by atoms with van der Waals surface area (Å²) in [6.07, 6.45) is 0. The molecule has 2 rings (SSSR count). The Labute approximate surface area is 112 Å². The summed E-state index contributed by atoms with van der Waals surface area (Å²) < 4.78 is 13.2. The zero-order chi connectivity index (χ0) is 13.8. The Morgan fingerprint density at radius 1 is 1.37 bits per heavy atom. The first-order valence-electron chi connectivity index (χ1n) is 6.26. The van der Waals surface area contributed by atoms with E-state index in [1.165, 1.54) is 18.2 Å². The number of carbonyl (C=O) groups is 1. The molecule has 0 atom stereocenters. The van der Waals surface area contributed by atoms with E-state index in [0.29, 0.717) is 30.8 Å². The van der Waals surface area contributed by atoms with Crippen LogP contribution in [0.3, 0.4) is 0 Å². The lowest BCUT2D eigenvalue weighted by atomic mass is 10.1. The number of nitriles is 1. The van der Waals surface area contributed by atoms with Gasteiger partial charge in [-0.15, -0.1) is 0 Å². The fourth-order valence-corrected chi connectivity index (χ4v) is 2.26. The molecule has 100 valence electrons. The molecule has 1 heterocycles. The van der Waals surface area contributed by atoms with Crippen LogP contribution >= 0.6 is 0 Å². The lowest BCUT2D eigenvalue weighted by Gasteiger charge is -2.34. The molecule has 0 saturated carbocycles. The summed E-state index contributed by atoms with van der Waals surface area (Å²) in [4.78, 5) is 15.2. The summed E-state index contributed by atoms with van der Waals surface area (Å²) >= 11 is 0. The van der Waals surface area contributed by atoms with Crippen molar-refractivity contribution in [2.75, 3.05) is 26.2 Å². The second-order valence-electron chi connectivity index (χ2n) is 4.70. The van der Waals surface area contributed by atoms with Gasteiger partial charge in [0.2, 0.25) is 5.91 Å². The lowest BCUT2D eigenvalue weighted by Crippen LogP contribution is -2.47. The average molecular weight is 261 g/mol. The standard InChI is InChI=1S/C14H16FN3O/c1-11(19)18-6-4-17(5-7-18)10-13-8-14(15)3-2-12(13)9-16/h2-3,8H,4-7,10H2,1H3. The molecule has 1 aliphatic heterocycles. The van der Waals surface area contributed by atoms with E-state index in [9.17, 15) is 9.18 Å². The average Bonchev–Trinajstić information content (AvgIpc) is 2.39. The quantitative estimate of drug-likeness (QED) is 0.807. The van der Waals surface area contributed by atoms with Crippen molar-refractivity contribution >= 4 is 5.91 Å². The molecule has 1 aliphatic rings. The van der Waals surface area contributed by atoms with Gasteiger partial charge in [-0.05, 0) is 23.8 Å². The number of benzene rings is 1. The SMILES string of the molecule is CC(=O)N1CCN(Cc2cc(F)ccc2C#N)CC1. The highest BCUT2D eigenvalue weighted by Crippen LogP contribution is 2.14. The van der Waals surface area contributed by atoms with Gasteiger partial charge in [0.05, 0.1) is 11.6 Å². The predicted octanol–water partition coefficient (Wildman–Crippen LogP) is 1.36. The van der Waals surface area contributed by atoms with E-state index >= 15 is 0 Å². The minimum Gasteiger partial charge on any atom is -0.340 e. The molecule has 0 radical (unpaired) electrons. The lowest BCUT2D eigenvalue weighted by molar-refractivity contribution is -0.130. The number of halogens is 1. The highest BCUT2D eigenvalue weighted by atomic mass is 19.1. The van der Waals surface area contributed by atoms with E-state index in [2.05, 4.69) is 11.0 Å². The van der Waals surface area contributed by atoms with Crippen molar-refractivity contribution in [1.82, 2.24) is 9.80 Å². The Morgan fingerprint density at radius 2 is 2.05 bits per heavy atom. The van der Waals surface area contributed by atoms with Gasteiger partial charge in [-0.2, -0.15) is 5.26 Å². The summed E-state index contributed by atoms with van der Waals surface area (Å²) in [6, 6.07) is 6.31. The van der Waals surface area contributed by atoms with E-state index in [0.717, 1.165) is 13.1 Å². The van der Waals surface area contributed by atoms with E-state index in [4.69, 9.17) is 5.26 Å². The van der Waals surface area contributed by atoms with Crippen molar-refractivity contribution in [1.29, 1.82) is 5.26 Å². The summed E-state index contributed by atoms with van der Waals surface area (Å²) in [5, 5.41) is 9.01. The number of amides is 1. The van der Waals surface area contributed by atoms with Crippen molar-refractivity contribution in [2.24, 2.45) is 0 Å². The molecule has 0 bridgehead atoms. The Bertz CT molecular complexity index is 516. The van der Waals surface area contributed by atoms with Crippen molar-refractivity contribution < 1.29 is 9.18 Å². The summed E-state index contributed by atoms with van der Waals surface area (Å²) in [6.45, 7) is 4.99. The second-order valence-corrected chi connectivity index (χ2v) is 4.70. The molecule has 19 heavy (non-hydrogen) atoms. The second kappa shape index (κ2) is 5.81. The van der Waals surface area contributed by atoms with E-state index in [1.807, 2.05) is 0 Å². The van der Waals surface area contributed by atoms with Gasteiger partial charge in [0.15, 0.2) is 0 Å². The van der Waals surface area contributed by atoms with Crippen LogP contribution in [0.5, 0.6) is 0 Å². The molecule has 1 amide bonds. The molecule has 0 unspecified atom stereocenters. The van der Waals surface area contributed by atoms with Crippen molar-refractivity contribution in [3.8, 4) is 6.07 Å². The van der Waals surface area contributed by atoms with Gasteiger partial charge in [-0.3, -0.25) is 9.69 Å². The first-order chi connectivity index (χ1) is 9.10. The normalized spacial score (nSPS) is 16.2. The van der Waals surface area contributed by atoms with Gasteiger partial charge in [0.1, 0.15) is 5.82 Å². The van der Waals surface area contributed by atoms with Gasteiger partial charge in [-0.1, -0.05) is 0 Å². The van der Waals surface area contributed by atoms with Gasteiger partial charge < -0.3 is 4.90 Å². The van der Waals surface area contributed by atoms with Crippen LogP contribution in [0.4, 0.5) is 4.39 Å². The zero-order valence-corrected chi connectivity index (χ0v) is 10.9. The number of rotatable bonds is 2. The van der Waals surface area contributed by atoms with E-state index < -0.39 is 0 Å². The molecular weight excluding hydrogens is 245 g/mol. The molecule has 1 fully saturated rings. The summed E-state index contributed by atoms with van der Waals surface area (Å²) in [5.41, 5.74) is 1.22. The van der Waals surface area contributed by atoms with Crippen molar-refractivity contribution in [2.45, 2.75) is 13.5 Å². The third-order valence-corrected chi connectivity index (χ3v) is 3.40. The van der Waals surface area contributed by atoms with Gasteiger partial charge >= 0.3 is 0 Å². The Hall–Kier alpha value is -1.93. The van der Waals surface area contributed by atoms with E-state index in [-0.39, 0.29) is 11.7 Å². The van der Waals surface area contributed by atoms with Gasteiger partial charge in [-0.25, -0.2) is 4.39 Å². The number of hydrogen-bond donors (Lipinski definition) is 0. The topological polar surface area (TPSA) is 47.3 Å².